The van der Waals surface area contributed by atoms with Crippen LogP contribution in [0.4, 0.5) is 0 Å². The Hall–Kier alpha value is -2.38. The van der Waals surface area contributed by atoms with Crippen LogP contribution >= 0.6 is 11.6 Å². The van der Waals surface area contributed by atoms with E-state index in [4.69, 9.17) is 11.6 Å². The van der Waals surface area contributed by atoms with Gasteiger partial charge < -0.3 is 15.1 Å². The van der Waals surface area contributed by atoms with Gasteiger partial charge in [-0.15, -0.1) is 0 Å². The van der Waals surface area contributed by atoms with Gasteiger partial charge in [-0.2, -0.15) is 5.10 Å². The van der Waals surface area contributed by atoms with Gasteiger partial charge in [-0.05, 0) is 24.7 Å². The van der Waals surface area contributed by atoms with Gasteiger partial charge >= 0.3 is 0 Å². The van der Waals surface area contributed by atoms with Gasteiger partial charge in [-0.3, -0.25) is 14.3 Å². The Morgan fingerprint density at radius 1 is 1.38 bits per heavy atom. The van der Waals surface area contributed by atoms with E-state index in [1.165, 1.54) is 0 Å². The van der Waals surface area contributed by atoms with Crippen molar-refractivity contribution < 1.29 is 9.59 Å². The zero-order valence-electron chi connectivity index (χ0n) is 14.9. The van der Waals surface area contributed by atoms with Crippen molar-refractivity contribution in [2.75, 3.05) is 26.7 Å². The summed E-state index contributed by atoms with van der Waals surface area (Å²) in [6.07, 6.45) is 3.46. The molecule has 0 radical (unpaired) electrons. The normalized spacial score (nSPS) is 16.0. The molecule has 26 heavy (non-hydrogen) atoms. The van der Waals surface area contributed by atoms with Crippen molar-refractivity contribution in [2.24, 2.45) is 7.05 Å². The number of carbonyl (C=O) groups is 2. The van der Waals surface area contributed by atoms with E-state index in [9.17, 15) is 9.59 Å². The number of hydrogen-bond acceptors (Lipinski definition) is 4. The highest BCUT2D eigenvalue weighted by atomic mass is 35.5. The van der Waals surface area contributed by atoms with Crippen molar-refractivity contribution in [3.63, 3.8) is 0 Å². The molecule has 3 rings (SSSR count). The maximum atomic E-state index is 12.8. The van der Waals surface area contributed by atoms with Crippen LogP contribution in [0.15, 0.2) is 36.7 Å². The van der Waals surface area contributed by atoms with E-state index in [0.717, 1.165) is 11.1 Å². The van der Waals surface area contributed by atoms with Crippen molar-refractivity contribution in [3.8, 4) is 0 Å². The summed E-state index contributed by atoms with van der Waals surface area (Å²) in [4.78, 5) is 28.7. The predicted molar refractivity (Wildman–Crippen MR) is 98.5 cm³/mol. The van der Waals surface area contributed by atoms with Gasteiger partial charge in [0, 0.05) is 43.5 Å². The smallest absolute Gasteiger partial charge is 0.244 e. The van der Waals surface area contributed by atoms with Crippen LogP contribution in [0.25, 0.3) is 0 Å². The second kappa shape index (κ2) is 7.88. The molecule has 7 nitrogen and oxygen atoms in total. The van der Waals surface area contributed by atoms with E-state index in [1.54, 1.807) is 47.0 Å². The fourth-order valence-corrected chi connectivity index (χ4v) is 3.34. The molecule has 1 aliphatic heterocycles. The zero-order chi connectivity index (χ0) is 18.7. The Kier molecular flexibility index (Phi) is 5.58. The van der Waals surface area contributed by atoms with Gasteiger partial charge in [0.25, 0.3) is 0 Å². The Labute approximate surface area is 157 Å². The van der Waals surface area contributed by atoms with Crippen molar-refractivity contribution in [1.82, 2.24) is 24.9 Å². The number of amides is 2. The Balaban J connectivity index is 1.64. The summed E-state index contributed by atoms with van der Waals surface area (Å²) < 4.78 is 1.65. The Morgan fingerprint density at radius 3 is 2.81 bits per heavy atom. The lowest BCUT2D eigenvalue weighted by molar-refractivity contribution is -0.146. The van der Waals surface area contributed by atoms with E-state index in [0.29, 0.717) is 24.7 Å². The molecule has 0 bridgehead atoms. The van der Waals surface area contributed by atoms with Gasteiger partial charge in [-0.1, -0.05) is 23.7 Å². The number of aryl methyl sites for hydroxylation is 1. The van der Waals surface area contributed by atoms with Crippen molar-refractivity contribution >= 4 is 23.4 Å². The standard InChI is InChI=1S/C18H22ClN5O2/c1-20-17(14-9-21-22(2)11-14)18(26)24-7-6-23(16(25)12-24)10-13-4-3-5-15(19)8-13/h3-5,8-9,11,17,20H,6-7,10,12H2,1-2H3. The number of benzene rings is 1. The number of carbonyl (C=O) groups excluding carboxylic acids is 2. The molecule has 138 valence electrons. The lowest BCUT2D eigenvalue weighted by atomic mass is 10.1. The maximum absolute atomic E-state index is 12.8. The first-order valence-electron chi connectivity index (χ1n) is 8.44. The second-order valence-corrected chi connectivity index (χ2v) is 6.81. The third-order valence-corrected chi connectivity index (χ3v) is 4.72. The summed E-state index contributed by atoms with van der Waals surface area (Å²) in [5, 5.41) is 7.78. The molecular formula is C18H22ClN5O2. The molecule has 1 atom stereocenters. The highest BCUT2D eigenvalue weighted by Gasteiger charge is 2.31. The van der Waals surface area contributed by atoms with E-state index < -0.39 is 6.04 Å². The maximum Gasteiger partial charge on any atom is 0.244 e. The van der Waals surface area contributed by atoms with E-state index in [2.05, 4.69) is 10.4 Å². The van der Waals surface area contributed by atoms with E-state index in [-0.39, 0.29) is 18.4 Å². The summed E-state index contributed by atoms with van der Waals surface area (Å²) in [6.45, 7) is 1.58. The fraction of sp³-hybridized carbons (Fsp3) is 0.389. The molecule has 2 heterocycles. The summed E-state index contributed by atoms with van der Waals surface area (Å²) in [6, 6.07) is 6.96. The largest absolute Gasteiger partial charge is 0.335 e. The molecule has 1 saturated heterocycles. The van der Waals surface area contributed by atoms with Gasteiger partial charge in [0.15, 0.2) is 0 Å². The minimum atomic E-state index is -0.504. The Bertz CT molecular complexity index is 806. The summed E-state index contributed by atoms with van der Waals surface area (Å²) in [5.41, 5.74) is 1.77. The number of halogens is 1. The van der Waals surface area contributed by atoms with Gasteiger partial charge in [0.05, 0.1) is 12.7 Å². The molecule has 1 unspecified atom stereocenters. The number of piperazine rings is 1. The number of nitrogens with one attached hydrogen (secondary N) is 1. The van der Waals surface area contributed by atoms with Crippen LogP contribution in [-0.2, 0) is 23.2 Å². The first-order chi connectivity index (χ1) is 12.5. The van der Waals surface area contributed by atoms with E-state index >= 15 is 0 Å². The summed E-state index contributed by atoms with van der Waals surface area (Å²) in [7, 11) is 3.53. The molecule has 0 aliphatic carbocycles. The highest BCUT2D eigenvalue weighted by molar-refractivity contribution is 6.30. The average molecular weight is 376 g/mol. The number of likely N-dealkylation sites (N-methyl/N-ethyl adjacent to an activating group) is 1. The van der Waals surface area contributed by atoms with Crippen LogP contribution in [0.2, 0.25) is 5.02 Å². The van der Waals surface area contributed by atoms with Gasteiger partial charge in [-0.25, -0.2) is 0 Å². The van der Waals surface area contributed by atoms with Crippen LogP contribution < -0.4 is 5.32 Å². The first kappa shape index (κ1) is 18.4. The third kappa shape index (κ3) is 4.05. The number of nitrogens with zero attached hydrogens (tertiary/aromatic N) is 4. The third-order valence-electron chi connectivity index (χ3n) is 4.49. The average Bonchev–Trinajstić information content (AvgIpc) is 3.03. The van der Waals surface area contributed by atoms with Crippen LogP contribution in [0.3, 0.4) is 0 Å². The molecule has 1 aliphatic rings. The molecule has 2 aromatic rings. The van der Waals surface area contributed by atoms with Gasteiger partial charge in [0.2, 0.25) is 11.8 Å². The molecule has 1 aromatic heterocycles. The topological polar surface area (TPSA) is 70.5 Å². The molecule has 1 N–H and O–H groups in total. The van der Waals surface area contributed by atoms with Crippen molar-refractivity contribution in [2.45, 2.75) is 12.6 Å². The summed E-state index contributed by atoms with van der Waals surface area (Å²) >= 11 is 6.00. The molecule has 8 heteroatoms. The Morgan fingerprint density at radius 2 is 2.19 bits per heavy atom. The van der Waals surface area contributed by atoms with Crippen molar-refractivity contribution in [3.05, 3.63) is 52.8 Å². The van der Waals surface area contributed by atoms with Crippen LogP contribution in [0, 0.1) is 0 Å². The fourth-order valence-electron chi connectivity index (χ4n) is 3.12. The molecule has 1 aromatic carbocycles. The van der Waals surface area contributed by atoms with Crippen LogP contribution in [0.1, 0.15) is 17.2 Å². The molecular weight excluding hydrogens is 354 g/mol. The molecule has 0 spiro atoms. The van der Waals surface area contributed by atoms with Crippen LogP contribution in [-0.4, -0.2) is 58.1 Å². The quantitative estimate of drug-likeness (QED) is 0.852. The lowest BCUT2D eigenvalue weighted by Gasteiger charge is -2.36. The SMILES string of the molecule is CNC(C(=O)N1CCN(Cc2cccc(Cl)c2)C(=O)C1)c1cnn(C)c1. The second-order valence-electron chi connectivity index (χ2n) is 6.37. The van der Waals surface area contributed by atoms with Crippen molar-refractivity contribution in [1.29, 1.82) is 0 Å². The summed E-state index contributed by atoms with van der Waals surface area (Å²) in [5.74, 6) is -0.179. The first-order valence-corrected chi connectivity index (χ1v) is 8.82. The number of hydrogen-bond donors (Lipinski definition) is 1. The van der Waals surface area contributed by atoms with E-state index in [1.807, 2.05) is 18.2 Å². The molecule has 2 amide bonds. The molecule has 0 saturated carbocycles. The monoisotopic (exact) mass is 375 g/mol. The highest BCUT2D eigenvalue weighted by Crippen LogP contribution is 2.18. The minimum absolute atomic E-state index is 0.0642. The lowest BCUT2D eigenvalue weighted by Crippen LogP contribution is -2.53. The predicted octanol–water partition coefficient (Wildman–Crippen LogP) is 1.21. The van der Waals surface area contributed by atoms with Crippen LogP contribution in [0.5, 0.6) is 0 Å². The number of rotatable bonds is 5. The van der Waals surface area contributed by atoms with Gasteiger partial charge in [0.1, 0.15) is 6.04 Å². The minimum Gasteiger partial charge on any atom is -0.335 e. The zero-order valence-corrected chi connectivity index (χ0v) is 15.6. The number of aromatic nitrogens is 2. The molecule has 1 fully saturated rings.